The number of nitro groups is 1. The van der Waals surface area contributed by atoms with Crippen LogP contribution < -0.4 is 19.5 Å². The van der Waals surface area contributed by atoms with Crippen LogP contribution in [0.4, 0.5) is 10.5 Å². The molecule has 6 rings (SSSR count). The molecule has 2 fully saturated rings. The highest BCUT2D eigenvalue weighted by atomic mass is 16.7. The Morgan fingerprint density at radius 1 is 1.00 bits per heavy atom. The summed E-state index contributed by atoms with van der Waals surface area (Å²) in [5.74, 6) is 2.37. The number of nitrogens with one attached hydrogen (secondary N) is 1. The Hall–Kier alpha value is -4.43. The highest BCUT2D eigenvalue weighted by Crippen LogP contribution is 2.34. The maximum absolute atomic E-state index is 13.3. The Bertz CT molecular complexity index is 1570. The number of hydrogen-bond donors (Lipinski definition) is 2. The lowest BCUT2D eigenvalue weighted by atomic mass is 10.00. The number of aliphatic hydroxyl groups excluding tert-OH is 1. The van der Waals surface area contributed by atoms with Crippen molar-refractivity contribution in [1.29, 1.82) is 0 Å². The van der Waals surface area contributed by atoms with Gasteiger partial charge in [0.1, 0.15) is 18.5 Å². The molecule has 3 aromatic rings. The molecule has 1 amide bonds. The lowest BCUT2D eigenvalue weighted by molar-refractivity contribution is -0.384. The monoisotopic (exact) mass is 677 g/mol. The molecule has 3 aliphatic heterocycles. The normalized spacial score (nSPS) is 20.6. The van der Waals surface area contributed by atoms with Crippen LogP contribution >= 0.6 is 0 Å². The Kier molecular flexibility index (Phi) is 11.1. The van der Waals surface area contributed by atoms with Crippen molar-refractivity contribution in [3.8, 4) is 17.2 Å². The molecule has 3 heterocycles. The summed E-state index contributed by atoms with van der Waals surface area (Å²) in [6.07, 6.45) is -1.20. The van der Waals surface area contributed by atoms with Gasteiger partial charge in [0.05, 0.1) is 36.2 Å². The van der Waals surface area contributed by atoms with Gasteiger partial charge in [-0.15, -0.1) is 0 Å². The van der Waals surface area contributed by atoms with Gasteiger partial charge in [-0.05, 0) is 71.8 Å². The number of carbonyl (C=O) groups excluding carboxylic acids is 1. The summed E-state index contributed by atoms with van der Waals surface area (Å²) in [6.45, 7) is 7.15. The fourth-order valence-corrected chi connectivity index (χ4v) is 6.42. The van der Waals surface area contributed by atoms with Crippen molar-refractivity contribution < 1.29 is 43.2 Å². The molecule has 5 atom stereocenters. The average Bonchev–Trinajstić information content (AvgIpc) is 3.83. The molecule has 0 aliphatic carbocycles. The minimum Gasteiger partial charge on any atom is -0.489 e. The fourth-order valence-electron chi connectivity index (χ4n) is 6.42. The molecule has 13 heteroatoms. The average molecular weight is 678 g/mol. The highest BCUT2D eigenvalue weighted by molar-refractivity contribution is 5.68. The number of aliphatic hydroxyl groups is 1. The first-order chi connectivity index (χ1) is 23.7. The Morgan fingerprint density at radius 3 is 2.49 bits per heavy atom. The number of nitrogens with zero attached hydrogens (tertiary/aromatic N) is 2. The Morgan fingerprint density at radius 2 is 1.73 bits per heavy atom. The number of alkyl carbamates (subject to hydrolysis) is 1. The van der Waals surface area contributed by atoms with E-state index in [9.17, 15) is 20.0 Å². The molecule has 0 aromatic heterocycles. The molecule has 2 saturated heterocycles. The molecule has 2 N–H and O–H groups in total. The number of ether oxygens (including phenoxy) is 6. The third-order valence-electron chi connectivity index (χ3n) is 8.85. The van der Waals surface area contributed by atoms with Gasteiger partial charge in [-0.1, -0.05) is 32.0 Å². The summed E-state index contributed by atoms with van der Waals surface area (Å²) in [6, 6.07) is 18.8. The van der Waals surface area contributed by atoms with Crippen molar-refractivity contribution in [1.82, 2.24) is 10.2 Å². The van der Waals surface area contributed by atoms with E-state index in [0.717, 1.165) is 29.7 Å². The van der Waals surface area contributed by atoms with E-state index in [1.165, 1.54) is 12.1 Å². The molecule has 3 aliphatic rings. The first kappa shape index (κ1) is 34.4. The summed E-state index contributed by atoms with van der Waals surface area (Å²) in [4.78, 5) is 25.9. The van der Waals surface area contributed by atoms with Gasteiger partial charge in [0.25, 0.3) is 5.69 Å². The van der Waals surface area contributed by atoms with Gasteiger partial charge in [0.2, 0.25) is 6.79 Å². The van der Waals surface area contributed by atoms with Gasteiger partial charge in [-0.3, -0.25) is 15.0 Å². The van der Waals surface area contributed by atoms with Crippen molar-refractivity contribution in [3.63, 3.8) is 0 Å². The molecular formula is C36H43N3O10. The van der Waals surface area contributed by atoms with Crippen LogP contribution in [-0.2, 0) is 33.8 Å². The predicted octanol–water partition coefficient (Wildman–Crippen LogP) is 4.82. The van der Waals surface area contributed by atoms with Crippen LogP contribution in [0.1, 0.15) is 37.0 Å². The van der Waals surface area contributed by atoms with E-state index in [-0.39, 0.29) is 37.9 Å². The quantitative estimate of drug-likeness (QED) is 0.168. The lowest BCUT2D eigenvalue weighted by Gasteiger charge is -2.31. The van der Waals surface area contributed by atoms with Crippen LogP contribution in [0.3, 0.4) is 0 Å². The van der Waals surface area contributed by atoms with Crippen LogP contribution in [0.25, 0.3) is 0 Å². The predicted molar refractivity (Wildman–Crippen MR) is 177 cm³/mol. The summed E-state index contributed by atoms with van der Waals surface area (Å²) in [7, 11) is 0. The standard InChI is InChI=1S/C36H43N3O10/c1-23(2)17-38(18-26-7-12-32-33(16-26)48-22-47-32)19-31(40)30(37-36(41)49-34-21-46-35-29(34)13-14-44-35)15-24-5-10-28(11-6-24)45-20-25-3-8-27(9-4-25)39(42)43/h3-12,16,23,29-31,34-35,40H,13-15,17-22H2,1-2H3,(H,37,41)/t29-,30-,31+,34-,35+/m0/s1. The molecule has 262 valence electrons. The third-order valence-corrected chi connectivity index (χ3v) is 8.85. The topological polar surface area (TPSA) is 151 Å². The summed E-state index contributed by atoms with van der Waals surface area (Å²) in [5, 5.41) is 25.6. The first-order valence-electron chi connectivity index (χ1n) is 16.6. The molecule has 49 heavy (non-hydrogen) atoms. The molecule has 0 bridgehead atoms. The molecule has 3 aromatic carbocycles. The second-order valence-corrected chi connectivity index (χ2v) is 13.1. The summed E-state index contributed by atoms with van der Waals surface area (Å²) < 4.78 is 33.9. The van der Waals surface area contributed by atoms with E-state index in [2.05, 4.69) is 24.1 Å². The van der Waals surface area contributed by atoms with Crippen LogP contribution in [0.15, 0.2) is 66.7 Å². The summed E-state index contributed by atoms with van der Waals surface area (Å²) in [5.41, 5.74) is 2.73. The Labute approximate surface area is 285 Å². The van der Waals surface area contributed by atoms with Gasteiger partial charge < -0.3 is 38.8 Å². The second kappa shape index (κ2) is 15.9. The summed E-state index contributed by atoms with van der Waals surface area (Å²) >= 11 is 0. The molecule has 0 unspecified atom stereocenters. The van der Waals surface area contributed by atoms with E-state index >= 15 is 0 Å². The number of carbonyl (C=O) groups is 1. The van der Waals surface area contributed by atoms with Gasteiger partial charge in [-0.25, -0.2) is 4.79 Å². The van der Waals surface area contributed by atoms with Gasteiger partial charge in [0, 0.05) is 31.8 Å². The number of benzene rings is 3. The molecule has 0 radical (unpaired) electrons. The number of amides is 1. The maximum Gasteiger partial charge on any atom is 0.407 e. The smallest absolute Gasteiger partial charge is 0.407 e. The zero-order valence-electron chi connectivity index (χ0n) is 27.7. The van der Waals surface area contributed by atoms with Crippen LogP contribution in [0.5, 0.6) is 17.2 Å². The number of fused-ring (bicyclic) bond motifs is 2. The number of rotatable bonds is 15. The zero-order valence-corrected chi connectivity index (χ0v) is 27.7. The van der Waals surface area contributed by atoms with E-state index in [0.29, 0.717) is 49.3 Å². The molecule has 0 saturated carbocycles. The second-order valence-electron chi connectivity index (χ2n) is 13.1. The van der Waals surface area contributed by atoms with E-state index in [1.807, 2.05) is 42.5 Å². The van der Waals surface area contributed by atoms with Crippen molar-refractivity contribution >= 4 is 11.8 Å². The molecular weight excluding hydrogens is 634 g/mol. The minimum atomic E-state index is -0.930. The minimum absolute atomic E-state index is 0.00379. The number of hydrogen-bond acceptors (Lipinski definition) is 11. The first-order valence-corrected chi connectivity index (χ1v) is 16.6. The molecule has 13 nitrogen and oxygen atoms in total. The van der Waals surface area contributed by atoms with E-state index in [4.69, 9.17) is 28.4 Å². The van der Waals surface area contributed by atoms with E-state index < -0.39 is 29.3 Å². The van der Waals surface area contributed by atoms with Gasteiger partial charge >= 0.3 is 6.09 Å². The number of nitro benzene ring substituents is 1. The van der Waals surface area contributed by atoms with Gasteiger partial charge in [-0.2, -0.15) is 0 Å². The highest BCUT2D eigenvalue weighted by Gasteiger charge is 2.44. The lowest BCUT2D eigenvalue weighted by Crippen LogP contribution is -2.50. The van der Waals surface area contributed by atoms with Crippen molar-refractivity contribution in [2.45, 2.75) is 64.4 Å². The Balaban J connectivity index is 1.12. The van der Waals surface area contributed by atoms with Crippen LogP contribution in [-0.4, -0.2) is 78.7 Å². The molecule has 0 spiro atoms. The fraction of sp³-hybridized carbons (Fsp3) is 0.472. The van der Waals surface area contributed by atoms with Crippen LogP contribution in [0, 0.1) is 22.0 Å². The number of non-ortho nitro benzene ring substituents is 1. The maximum atomic E-state index is 13.3. The van der Waals surface area contributed by atoms with E-state index in [1.54, 1.807) is 12.1 Å². The van der Waals surface area contributed by atoms with Crippen LogP contribution in [0.2, 0.25) is 0 Å². The van der Waals surface area contributed by atoms with Crippen molar-refractivity contribution in [2.75, 3.05) is 33.1 Å². The zero-order chi connectivity index (χ0) is 34.3. The van der Waals surface area contributed by atoms with Gasteiger partial charge in [0.15, 0.2) is 17.8 Å². The third kappa shape index (κ3) is 9.18. The largest absolute Gasteiger partial charge is 0.489 e. The van der Waals surface area contributed by atoms with Crippen molar-refractivity contribution in [3.05, 3.63) is 93.5 Å². The van der Waals surface area contributed by atoms with Crippen molar-refractivity contribution in [2.24, 2.45) is 11.8 Å². The SMILES string of the molecule is CC(C)CN(Cc1ccc2c(c1)OCO2)C[C@@H](O)[C@H](Cc1ccc(OCc2ccc([N+](=O)[O-])cc2)cc1)NC(=O)O[C@H]1CO[C@H]2OCC[C@H]21.